The molecule has 1 heterocycles. The minimum absolute atomic E-state index is 0.592. The minimum atomic E-state index is 0.592. The lowest BCUT2D eigenvalue weighted by atomic mass is 9.85. The highest BCUT2D eigenvalue weighted by molar-refractivity contribution is 5.26. The Morgan fingerprint density at radius 3 is 2.94 bits per heavy atom. The first-order chi connectivity index (χ1) is 7.88. The number of nitrogens with two attached hydrogens (primary N) is 1. The van der Waals surface area contributed by atoms with Gasteiger partial charge in [0, 0.05) is 18.0 Å². The average Bonchev–Trinajstić information content (AvgIpc) is 3.13. The topological polar surface area (TPSA) is 51.8 Å². The molecule has 86 valence electrons. The van der Waals surface area contributed by atoms with E-state index in [-0.39, 0.29) is 0 Å². The Labute approximate surface area is 96.5 Å². The maximum absolute atomic E-state index is 5.68. The fraction of sp³-hybridized carbons (Fsp3) is 0.692. The maximum Gasteiger partial charge on any atom is 0.131 e. The van der Waals surface area contributed by atoms with Crippen LogP contribution >= 0.6 is 0 Å². The number of aromatic nitrogens is 2. The van der Waals surface area contributed by atoms with Crippen molar-refractivity contribution in [2.45, 2.75) is 50.4 Å². The van der Waals surface area contributed by atoms with Crippen molar-refractivity contribution in [1.82, 2.24) is 9.97 Å². The van der Waals surface area contributed by atoms with Crippen LogP contribution in [0.2, 0.25) is 0 Å². The Morgan fingerprint density at radius 1 is 1.31 bits per heavy atom. The fourth-order valence-corrected chi connectivity index (χ4v) is 2.68. The van der Waals surface area contributed by atoms with E-state index in [2.05, 4.69) is 11.2 Å². The van der Waals surface area contributed by atoms with Crippen molar-refractivity contribution in [2.75, 3.05) is 6.54 Å². The molecular weight excluding hydrogens is 198 g/mol. The third kappa shape index (κ3) is 1.84. The molecular formula is C13H19N3. The lowest BCUT2D eigenvalue weighted by Crippen LogP contribution is -2.17. The van der Waals surface area contributed by atoms with Gasteiger partial charge in [0.1, 0.15) is 5.82 Å². The van der Waals surface area contributed by atoms with Crippen LogP contribution in [0, 0.1) is 0 Å². The fourth-order valence-electron chi connectivity index (χ4n) is 2.68. The van der Waals surface area contributed by atoms with E-state index in [1.54, 1.807) is 0 Å². The third-order valence-electron chi connectivity index (χ3n) is 3.76. The van der Waals surface area contributed by atoms with Gasteiger partial charge in [0.05, 0.1) is 5.69 Å². The lowest BCUT2D eigenvalue weighted by molar-refractivity contribution is 0.506. The van der Waals surface area contributed by atoms with E-state index in [0.717, 1.165) is 25.2 Å². The second-order valence-corrected chi connectivity index (χ2v) is 5.08. The summed E-state index contributed by atoms with van der Waals surface area (Å²) in [6.07, 6.45) is 9.38. The summed E-state index contributed by atoms with van der Waals surface area (Å²) >= 11 is 0. The SMILES string of the molecule is NCCC1CCCc2cnc(C3CC3)nc21. The van der Waals surface area contributed by atoms with Crippen molar-refractivity contribution in [3.8, 4) is 0 Å². The predicted molar refractivity (Wildman–Crippen MR) is 63.4 cm³/mol. The van der Waals surface area contributed by atoms with E-state index in [1.165, 1.54) is 36.9 Å². The molecule has 2 N–H and O–H groups in total. The smallest absolute Gasteiger partial charge is 0.131 e. The molecule has 1 fully saturated rings. The molecule has 1 saturated carbocycles. The van der Waals surface area contributed by atoms with E-state index in [4.69, 9.17) is 10.7 Å². The van der Waals surface area contributed by atoms with E-state index < -0.39 is 0 Å². The first-order valence-electron chi connectivity index (χ1n) is 6.44. The molecule has 0 amide bonds. The van der Waals surface area contributed by atoms with Crippen LogP contribution in [-0.2, 0) is 6.42 Å². The van der Waals surface area contributed by atoms with Gasteiger partial charge in [-0.15, -0.1) is 0 Å². The molecule has 2 aliphatic carbocycles. The Bertz CT molecular complexity index is 385. The molecule has 3 rings (SSSR count). The van der Waals surface area contributed by atoms with Crippen molar-refractivity contribution < 1.29 is 0 Å². The average molecular weight is 217 g/mol. The number of nitrogens with zero attached hydrogens (tertiary/aromatic N) is 2. The summed E-state index contributed by atoms with van der Waals surface area (Å²) < 4.78 is 0. The Hall–Kier alpha value is -0.960. The van der Waals surface area contributed by atoms with Crippen LogP contribution in [0.5, 0.6) is 0 Å². The second kappa shape index (κ2) is 4.13. The van der Waals surface area contributed by atoms with Gasteiger partial charge in [-0.1, -0.05) is 0 Å². The van der Waals surface area contributed by atoms with E-state index >= 15 is 0 Å². The maximum atomic E-state index is 5.68. The number of fused-ring (bicyclic) bond motifs is 1. The molecule has 0 aromatic carbocycles. The Kier molecular flexibility index (Phi) is 2.64. The first kappa shape index (κ1) is 10.2. The van der Waals surface area contributed by atoms with Crippen LogP contribution in [-0.4, -0.2) is 16.5 Å². The Balaban J connectivity index is 1.92. The van der Waals surface area contributed by atoms with Gasteiger partial charge >= 0.3 is 0 Å². The molecule has 16 heavy (non-hydrogen) atoms. The number of rotatable bonds is 3. The van der Waals surface area contributed by atoms with E-state index in [0.29, 0.717) is 11.8 Å². The van der Waals surface area contributed by atoms with Crippen LogP contribution in [0.15, 0.2) is 6.20 Å². The summed E-state index contributed by atoms with van der Waals surface area (Å²) in [5.74, 6) is 2.34. The second-order valence-electron chi connectivity index (χ2n) is 5.08. The predicted octanol–water partition coefficient (Wildman–Crippen LogP) is 2.12. The summed E-state index contributed by atoms with van der Waals surface area (Å²) in [6, 6.07) is 0. The Morgan fingerprint density at radius 2 is 2.19 bits per heavy atom. The molecule has 0 bridgehead atoms. The van der Waals surface area contributed by atoms with Crippen LogP contribution in [0.4, 0.5) is 0 Å². The molecule has 0 spiro atoms. The summed E-state index contributed by atoms with van der Waals surface area (Å²) in [6.45, 7) is 0.771. The van der Waals surface area contributed by atoms with Gasteiger partial charge in [-0.05, 0) is 50.6 Å². The lowest BCUT2D eigenvalue weighted by Gasteiger charge is -2.24. The van der Waals surface area contributed by atoms with Gasteiger partial charge in [0.25, 0.3) is 0 Å². The van der Waals surface area contributed by atoms with Gasteiger partial charge in [0.15, 0.2) is 0 Å². The van der Waals surface area contributed by atoms with Crippen molar-refractivity contribution >= 4 is 0 Å². The van der Waals surface area contributed by atoms with Crippen molar-refractivity contribution in [1.29, 1.82) is 0 Å². The van der Waals surface area contributed by atoms with Crippen molar-refractivity contribution in [2.24, 2.45) is 5.73 Å². The molecule has 1 atom stereocenters. The van der Waals surface area contributed by atoms with Gasteiger partial charge in [-0.3, -0.25) is 0 Å². The molecule has 1 aromatic rings. The molecule has 0 saturated heterocycles. The van der Waals surface area contributed by atoms with Crippen molar-refractivity contribution in [3.63, 3.8) is 0 Å². The minimum Gasteiger partial charge on any atom is -0.330 e. The van der Waals surface area contributed by atoms with Gasteiger partial charge in [-0.2, -0.15) is 0 Å². The van der Waals surface area contributed by atoms with Crippen LogP contribution in [0.1, 0.15) is 61.0 Å². The standard InChI is InChI=1S/C13H19N3/c14-7-6-9-2-1-3-11-8-15-13(10-4-5-10)16-12(9)11/h8-10H,1-7,14H2. The summed E-state index contributed by atoms with van der Waals surface area (Å²) in [7, 11) is 0. The zero-order valence-corrected chi connectivity index (χ0v) is 9.65. The molecule has 0 radical (unpaired) electrons. The van der Waals surface area contributed by atoms with Crippen LogP contribution < -0.4 is 5.73 Å². The van der Waals surface area contributed by atoms with Gasteiger partial charge in [-0.25, -0.2) is 9.97 Å². The highest BCUT2D eigenvalue weighted by atomic mass is 14.9. The largest absolute Gasteiger partial charge is 0.330 e. The number of hydrogen-bond donors (Lipinski definition) is 1. The number of aryl methyl sites for hydroxylation is 1. The normalized spacial score (nSPS) is 24.2. The van der Waals surface area contributed by atoms with Gasteiger partial charge < -0.3 is 5.73 Å². The summed E-state index contributed by atoms with van der Waals surface area (Å²) in [5.41, 5.74) is 8.37. The number of hydrogen-bond acceptors (Lipinski definition) is 3. The zero-order valence-electron chi connectivity index (χ0n) is 9.65. The third-order valence-corrected chi connectivity index (χ3v) is 3.76. The van der Waals surface area contributed by atoms with Crippen LogP contribution in [0.25, 0.3) is 0 Å². The first-order valence-corrected chi connectivity index (χ1v) is 6.44. The summed E-state index contributed by atoms with van der Waals surface area (Å²) in [5, 5.41) is 0. The monoisotopic (exact) mass is 217 g/mol. The van der Waals surface area contributed by atoms with Crippen molar-refractivity contribution in [3.05, 3.63) is 23.3 Å². The molecule has 1 aromatic heterocycles. The zero-order chi connectivity index (χ0) is 11.0. The molecule has 3 heteroatoms. The molecule has 3 nitrogen and oxygen atoms in total. The highest BCUT2D eigenvalue weighted by Gasteiger charge is 2.29. The van der Waals surface area contributed by atoms with Gasteiger partial charge in [0.2, 0.25) is 0 Å². The highest BCUT2D eigenvalue weighted by Crippen LogP contribution is 2.40. The van der Waals surface area contributed by atoms with Crippen LogP contribution in [0.3, 0.4) is 0 Å². The molecule has 1 unspecified atom stereocenters. The molecule has 2 aliphatic rings. The summed E-state index contributed by atoms with van der Waals surface area (Å²) in [4.78, 5) is 9.31. The quantitative estimate of drug-likeness (QED) is 0.843. The van der Waals surface area contributed by atoms with E-state index in [1.807, 2.05) is 0 Å². The van der Waals surface area contributed by atoms with E-state index in [9.17, 15) is 0 Å². The molecule has 0 aliphatic heterocycles.